The Balaban J connectivity index is 1.96. The maximum absolute atomic E-state index is 11.9. The van der Waals surface area contributed by atoms with E-state index in [0.29, 0.717) is 13.0 Å². The van der Waals surface area contributed by atoms with Crippen molar-refractivity contribution in [2.24, 2.45) is 0 Å². The lowest BCUT2D eigenvalue weighted by atomic mass is 10.1. The van der Waals surface area contributed by atoms with Crippen molar-refractivity contribution in [1.82, 2.24) is 9.88 Å². The zero-order valence-corrected chi connectivity index (χ0v) is 12.7. The molecule has 120 valence electrons. The Kier molecular flexibility index (Phi) is 5.24. The monoisotopic (exact) mass is 315 g/mol. The second-order valence-corrected chi connectivity index (χ2v) is 5.15. The predicted molar refractivity (Wildman–Crippen MR) is 85.2 cm³/mol. The van der Waals surface area contributed by atoms with Crippen LogP contribution in [0.4, 0.5) is 5.69 Å². The summed E-state index contributed by atoms with van der Waals surface area (Å²) in [6.07, 6.45) is 1.78. The van der Waals surface area contributed by atoms with Crippen molar-refractivity contribution in [3.8, 4) is 0 Å². The van der Waals surface area contributed by atoms with Crippen LogP contribution in [0.1, 0.15) is 11.1 Å². The molecular weight excluding hydrogens is 298 g/mol. The van der Waals surface area contributed by atoms with Crippen molar-refractivity contribution in [2.45, 2.75) is 19.9 Å². The van der Waals surface area contributed by atoms with Gasteiger partial charge >= 0.3 is 0 Å². The molecule has 2 rings (SSSR count). The molecule has 0 bridgehead atoms. The Bertz CT molecular complexity index is 769. The van der Waals surface area contributed by atoms with Gasteiger partial charge in [0, 0.05) is 18.2 Å². The number of aryl methyl sites for hydroxylation is 1. The lowest BCUT2D eigenvalue weighted by Gasteiger charge is -2.08. The predicted octanol–water partition coefficient (Wildman–Crippen LogP) is 1.42. The highest BCUT2D eigenvalue weighted by molar-refractivity contribution is 5.75. The molecule has 0 saturated carbocycles. The van der Waals surface area contributed by atoms with Crippen LogP contribution in [0.15, 0.2) is 47.4 Å². The number of carbonyl (C=O) groups is 1. The van der Waals surface area contributed by atoms with E-state index in [2.05, 4.69) is 5.32 Å². The van der Waals surface area contributed by atoms with Crippen molar-refractivity contribution < 1.29 is 9.72 Å². The van der Waals surface area contributed by atoms with Crippen molar-refractivity contribution in [3.05, 3.63) is 74.2 Å². The largest absolute Gasteiger partial charge is 0.354 e. The molecule has 0 atom stereocenters. The van der Waals surface area contributed by atoms with E-state index in [9.17, 15) is 19.7 Å². The van der Waals surface area contributed by atoms with Gasteiger partial charge in [-0.3, -0.25) is 24.3 Å². The Morgan fingerprint density at radius 3 is 2.65 bits per heavy atom. The SMILES string of the molecule is Cc1cc(=O)n(CC(=O)NCCc2ccccc2)cc1[N+](=O)[O-]. The fraction of sp³-hybridized carbons (Fsp3) is 0.250. The molecule has 1 amide bonds. The van der Waals surface area contributed by atoms with Crippen LogP contribution < -0.4 is 10.9 Å². The topological polar surface area (TPSA) is 94.2 Å². The molecule has 0 fully saturated rings. The van der Waals surface area contributed by atoms with E-state index < -0.39 is 10.5 Å². The van der Waals surface area contributed by atoms with Crippen molar-refractivity contribution in [1.29, 1.82) is 0 Å². The average molecular weight is 315 g/mol. The van der Waals surface area contributed by atoms with Gasteiger partial charge in [0.1, 0.15) is 6.54 Å². The fourth-order valence-electron chi connectivity index (χ4n) is 2.17. The maximum atomic E-state index is 11.9. The van der Waals surface area contributed by atoms with Crippen LogP contribution in [0.5, 0.6) is 0 Å². The molecule has 0 aliphatic rings. The first kappa shape index (κ1) is 16.4. The van der Waals surface area contributed by atoms with E-state index in [1.807, 2.05) is 30.3 Å². The normalized spacial score (nSPS) is 10.3. The Morgan fingerprint density at radius 2 is 2.00 bits per heavy atom. The lowest BCUT2D eigenvalue weighted by molar-refractivity contribution is -0.385. The summed E-state index contributed by atoms with van der Waals surface area (Å²) in [5, 5.41) is 13.6. The number of nitrogens with one attached hydrogen (secondary N) is 1. The average Bonchev–Trinajstić information content (AvgIpc) is 2.50. The quantitative estimate of drug-likeness (QED) is 0.644. The van der Waals surface area contributed by atoms with E-state index in [-0.39, 0.29) is 23.7 Å². The van der Waals surface area contributed by atoms with E-state index in [1.54, 1.807) is 0 Å². The smallest absolute Gasteiger partial charge is 0.288 e. The molecule has 1 aromatic heterocycles. The number of amides is 1. The van der Waals surface area contributed by atoms with Crippen molar-refractivity contribution in [2.75, 3.05) is 6.54 Å². The molecule has 0 saturated heterocycles. The van der Waals surface area contributed by atoms with Crippen LogP contribution in [0.3, 0.4) is 0 Å². The summed E-state index contributed by atoms with van der Waals surface area (Å²) >= 11 is 0. The molecule has 0 unspecified atom stereocenters. The van der Waals surface area contributed by atoms with Crippen LogP contribution in [0.25, 0.3) is 0 Å². The van der Waals surface area contributed by atoms with Gasteiger partial charge in [0.25, 0.3) is 11.2 Å². The van der Waals surface area contributed by atoms with Gasteiger partial charge in [0.05, 0.1) is 11.1 Å². The summed E-state index contributed by atoms with van der Waals surface area (Å²) < 4.78 is 1.04. The molecule has 2 aromatic rings. The second-order valence-electron chi connectivity index (χ2n) is 5.15. The number of hydrogen-bond acceptors (Lipinski definition) is 4. The number of nitrogens with zero attached hydrogens (tertiary/aromatic N) is 2. The third-order valence-electron chi connectivity index (χ3n) is 3.39. The van der Waals surface area contributed by atoms with E-state index in [4.69, 9.17) is 0 Å². The molecule has 1 aromatic carbocycles. The van der Waals surface area contributed by atoms with E-state index >= 15 is 0 Å². The van der Waals surface area contributed by atoms with Gasteiger partial charge in [-0.15, -0.1) is 0 Å². The molecule has 23 heavy (non-hydrogen) atoms. The van der Waals surface area contributed by atoms with Crippen LogP contribution >= 0.6 is 0 Å². The van der Waals surface area contributed by atoms with Gasteiger partial charge in [-0.2, -0.15) is 0 Å². The molecule has 0 spiro atoms. The Labute approximate surface area is 132 Å². The summed E-state index contributed by atoms with van der Waals surface area (Å²) in [5.41, 5.74) is 0.754. The highest BCUT2D eigenvalue weighted by Gasteiger charge is 2.14. The van der Waals surface area contributed by atoms with Crippen LogP contribution in [-0.4, -0.2) is 21.9 Å². The molecule has 0 radical (unpaired) electrons. The first-order valence-electron chi connectivity index (χ1n) is 7.13. The number of nitro groups is 1. The first-order valence-corrected chi connectivity index (χ1v) is 7.13. The Hall–Kier alpha value is -2.96. The van der Waals surface area contributed by atoms with Crippen LogP contribution in [0.2, 0.25) is 0 Å². The zero-order valence-electron chi connectivity index (χ0n) is 12.7. The number of benzene rings is 1. The minimum atomic E-state index is -0.571. The third kappa shape index (κ3) is 4.50. The van der Waals surface area contributed by atoms with Gasteiger partial charge in [-0.1, -0.05) is 30.3 Å². The van der Waals surface area contributed by atoms with Crippen LogP contribution in [-0.2, 0) is 17.8 Å². The highest BCUT2D eigenvalue weighted by atomic mass is 16.6. The molecule has 0 aliphatic heterocycles. The van der Waals surface area contributed by atoms with E-state index in [0.717, 1.165) is 22.4 Å². The van der Waals surface area contributed by atoms with Gasteiger partial charge in [0.2, 0.25) is 5.91 Å². The minimum Gasteiger partial charge on any atom is -0.354 e. The molecule has 7 heteroatoms. The zero-order chi connectivity index (χ0) is 16.8. The summed E-state index contributed by atoms with van der Waals surface area (Å²) in [4.78, 5) is 34.0. The van der Waals surface area contributed by atoms with Gasteiger partial charge < -0.3 is 5.32 Å². The molecular formula is C16H17N3O4. The fourth-order valence-corrected chi connectivity index (χ4v) is 2.17. The number of rotatable bonds is 6. The number of pyridine rings is 1. The second kappa shape index (κ2) is 7.35. The van der Waals surface area contributed by atoms with Crippen LogP contribution in [0, 0.1) is 17.0 Å². The number of aromatic nitrogens is 1. The molecule has 7 nitrogen and oxygen atoms in total. The summed E-state index contributed by atoms with van der Waals surface area (Å²) in [6, 6.07) is 10.8. The van der Waals surface area contributed by atoms with Crippen molar-refractivity contribution >= 4 is 11.6 Å². The summed E-state index contributed by atoms with van der Waals surface area (Å²) in [5.74, 6) is -0.360. The number of carbonyl (C=O) groups excluding carboxylic acids is 1. The third-order valence-corrected chi connectivity index (χ3v) is 3.39. The van der Waals surface area contributed by atoms with E-state index in [1.165, 1.54) is 6.92 Å². The molecule has 1 heterocycles. The van der Waals surface area contributed by atoms with Gasteiger partial charge in [-0.25, -0.2) is 0 Å². The van der Waals surface area contributed by atoms with Gasteiger partial charge in [0.15, 0.2) is 0 Å². The maximum Gasteiger partial charge on any atom is 0.288 e. The Morgan fingerprint density at radius 1 is 1.30 bits per heavy atom. The summed E-state index contributed by atoms with van der Waals surface area (Å²) in [6.45, 7) is 1.68. The molecule has 1 N–H and O–H groups in total. The lowest BCUT2D eigenvalue weighted by Crippen LogP contribution is -2.33. The van der Waals surface area contributed by atoms with Gasteiger partial charge in [-0.05, 0) is 18.9 Å². The first-order chi connectivity index (χ1) is 11.0. The summed E-state index contributed by atoms with van der Waals surface area (Å²) in [7, 11) is 0. The standard InChI is InChI=1S/C16H17N3O4/c1-12-9-16(21)18(10-14(12)19(22)23)11-15(20)17-8-7-13-5-3-2-4-6-13/h2-6,9-10H,7-8,11H2,1H3,(H,17,20). The number of hydrogen-bond donors (Lipinski definition) is 1. The molecule has 0 aliphatic carbocycles. The van der Waals surface area contributed by atoms with Crippen molar-refractivity contribution in [3.63, 3.8) is 0 Å². The minimum absolute atomic E-state index is 0.179. The highest BCUT2D eigenvalue weighted by Crippen LogP contribution is 2.13.